The van der Waals surface area contributed by atoms with E-state index < -0.39 is 0 Å². The zero-order valence-corrected chi connectivity index (χ0v) is 23.2. The van der Waals surface area contributed by atoms with Crippen LogP contribution in [-0.2, 0) is 12.8 Å². The topological polar surface area (TPSA) is 23.8 Å². The molecule has 2 atom stereocenters. The minimum Gasteiger partial charge on any atom is -0.192 e. The summed E-state index contributed by atoms with van der Waals surface area (Å²) in [5.74, 6) is 1.50. The highest BCUT2D eigenvalue weighted by molar-refractivity contribution is 7.26. The molecule has 0 saturated carbocycles. The minimum atomic E-state index is 0.710. The number of nitrogens with zero attached hydrogens (tertiary/aromatic N) is 1. The van der Waals surface area contributed by atoms with Crippen LogP contribution in [0.2, 0.25) is 0 Å². The van der Waals surface area contributed by atoms with Gasteiger partial charge >= 0.3 is 0 Å². The third-order valence-electron chi connectivity index (χ3n) is 6.82. The molecule has 3 heterocycles. The van der Waals surface area contributed by atoms with Crippen molar-refractivity contribution in [2.24, 2.45) is 11.8 Å². The number of thiophene rings is 3. The molecule has 0 saturated heterocycles. The fourth-order valence-electron chi connectivity index (χ4n) is 4.65. The Labute approximate surface area is 213 Å². The fourth-order valence-corrected chi connectivity index (χ4v) is 7.89. The standard InChI is InChI=1S/C29H39NS3/c1-5-9-11-21(7-3)17-23-15-16-31-28(23)26-13-14-27(33-26)29-24(19-25(20-30)32-29)18-22(8-4)12-10-6-2/h13-16,19,21-22H,5-12,17-18H2,1-4H3. The molecule has 1 nitrogen and oxygen atoms in total. The Morgan fingerprint density at radius 2 is 1.39 bits per heavy atom. The van der Waals surface area contributed by atoms with Crippen LogP contribution in [0.4, 0.5) is 0 Å². The van der Waals surface area contributed by atoms with E-state index in [1.165, 1.54) is 88.4 Å². The van der Waals surface area contributed by atoms with Crippen LogP contribution in [0.3, 0.4) is 0 Å². The number of hydrogen-bond donors (Lipinski definition) is 0. The van der Waals surface area contributed by atoms with Crippen molar-refractivity contribution >= 4 is 34.0 Å². The smallest absolute Gasteiger partial charge is 0.110 e. The summed E-state index contributed by atoms with van der Waals surface area (Å²) in [4.78, 5) is 6.34. The lowest BCUT2D eigenvalue weighted by molar-refractivity contribution is 0.450. The largest absolute Gasteiger partial charge is 0.192 e. The predicted octanol–water partition coefficient (Wildman–Crippen LogP) is 10.6. The maximum Gasteiger partial charge on any atom is 0.110 e. The first-order valence-corrected chi connectivity index (χ1v) is 15.3. The van der Waals surface area contributed by atoms with Crippen molar-refractivity contribution in [1.82, 2.24) is 0 Å². The Morgan fingerprint density at radius 3 is 1.97 bits per heavy atom. The van der Waals surface area contributed by atoms with E-state index in [9.17, 15) is 5.26 Å². The van der Waals surface area contributed by atoms with Crippen LogP contribution in [0, 0.1) is 23.2 Å². The van der Waals surface area contributed by atoms with E-state index in [-0.39, 0.29) is 0 Å². The number of rotatable bonds is 14. The molecule has 0 aromatic carbocycles. The van der Waals surface area contributed by atoms with Gasteiger partial charge in [-0.25, -0.2) is 0 Å². The summed E-state index contributed by atoms with van der Waals surface area (Å²) in [5, 5.41) is 11.8. The Morgan fingerprint density at radius 1 is 0.788 bits per heavy atom. The average Bonchev–Trinajstić information content (AvgIpc) is 3.58. The molecule has 3 aromatic rings. The van der Waals surface area contributed by atoms with Gasteiger partial charge in [0.15, 0.2) is 0 Å². The minimum absolute atomic E-state index is 0.710. The lowest BCUT2D eigenvalue weighted by Crippen LogP contribution is -2.03. The Kier molecular flexibility index (Phi) is 10.7. The highest BCUT2D eigenvalue weighted by Gasteiger charge is 2.19. The molecule has 0 N–H and O–H groups in total. The van der Waals surface area contributed by atoms with Crippen molar-refractivity contribution in [2.75, 3.05) is 0 Å². The van der Waals surface area contributed by atoms with Gasteiger partial charge in [0.05, 0.1) is 0 Å². The van der Waals surface area contributed by atoms with E-state index in [1.807, 2.05) is 22.7 Å². The van der Waals surface area contributed by atoms with E-state index >= 15 is 0 Å². The third kappa shape index (κ3) is 7.04. The van der Waals surface area contributed by atoms with Crippen molar-refractivity contribution in [3.63, 3.8) is 0 Å². The van der Waals surface area contributed by atoms with Crippen LogP contribution in [0.25, 0.3) is 19.5 Å². The average molecular weight is 498 g/mol. The Hall–Kier alpha value is -1.41. The van der Waals surface area contributed by atoms with Crippen LogP contribution in [-0.4, -0.2) is 0 Å². The van der Waals surface area contributed by atoms with Gasteiger partial charge in [0.25, 0.3) is 0 Å². The highest BCUT2D eigenvalue weighted by atomic mass is 32.1. The van der Waals surface area contributed by atoms with E-state index in [0.29, 0.717) is 5.92 Å². The molecule has 2 unspecified atom stereocenters. The second kappa shape index (κ2) is 13.5. The predicted molar refractivity (Wildman–Crippen MR) is 150 cm³/mol. The van der Waals surface area contributed by atoms with E-state index in [4.69, 9.17) is 0 Å². The van der Waals surface area contributed by atoms with Crippen LogP contribution in [0.5, 0.6) is 0 Å². The van der Waals surface area contributed by atoms with Gasteiger partial charge < -0.3 is 0 Å². The van der Waals surface area contributed by atoms with Gasteiger partial charge in [-0.05, 0) is 65.4 Å². The quantitative estimate of drug-likeness (QED) is 0.217. The van der Waals surface area contributed by atoms with Gasteiger partial charge in [-0.15, -0.1) is 34.0 Å². The highest BCUT2D eigenvalue weighted by Crippen LogP contribution is 2.43. The van der Waals surface area contributed by atoms with Gasteiger partial charge in [-0.3, -0.25) is 0 Å². The second-order valence-electron chi connectivity index (χ2n) is 9.26. The molecule has 3 rings (SSSR count). The monoisotopic (exact) mass is 497 g/mol. The SMILES string of the molecule is CCCCC(CC)Cc1ccsc1-c1ccc(-c2sc(C#N)cc2CC(CC)CCCC)s1. The van der Waals surface area contributed by atoms with E-state index in [1.54, 1.807) is 11.3 Å². The first kappa shape index (κ1) is 26.2. The van der Waals surface area contributed by atoms with Gasteiger partial charge in [0, 0.05) is 19.5 Å². The number of hydrogen-bond acceptors (Lipinski definition) is 4. The molecule has 0 aliphatic rings. The van der Waals surface area contributed by atoms with Crippen LogP contribution >= 0.6 is 34.0 Å². The van der Waals surface area contributed by atoms with Crippen molar-refractivity contribution in [2.45, 2.75) is 91.9 Å². The molecule has 3 aromatic heterocycles. The molecule has 0 bridgehead atoms. The third-order valence-corrected chi connectivity index (χ3v) is 10.3. The van der Waals surface area contributed by atoms with E-state index in [0.717, 1.165) is 17.2 Å². The summed E-state index contributed by atoms with van der Waals surface area (Å²) in [6.07, 6.45) is 12.6. The summed E-state index contributed by atoms with van der Waals surface area (Å²) in [7, 11) is 0. The zero-order chi connectivity index (χ0) is 23.6. The van der Waals surface area contributed by atoms with Crippen LogP contribution in [0.15, 0.2) is 29.6 Å². The van der Waals surface area contributed by atoms with Gasteiger partial charge in [-0.1, -0.05) is 79.1 Å². The van der Waals surface area contributed by atoms with Gasteiger partial charge in [-0.2, -0.15) is 5.26 Å². The van der Waals surface area contributed by atoms with E-state index in [2.05, 4.69) is 63.4 Å². The normalized spacial score (nSPS) is 13.2. The van der Waals surface area contributed by atoms with Gasteiger partial charge in [0.1, 0.15) is 10.9 Å². The molecule has 178 valence electrons. The van der Waals surface area contributed by atoms with Crippen molar-refractivity contribution in [3.8, 4) is 25.6 Å². The molecular formula is C29H39NS3. The lowest BCUT2D eigenvalue weighted by Gasteiger charge is -2.14. The molecule has 33 heavy (non-hydrogen) atoms. The molecular weight excluding hydrogens is 459 g/mol. The first-order valence-electron chi connectivity index (χ1n) is 12.8. The summed E-state index contributed by atoms with van der Waals surface area (Å²) in [6, 6.07) is 11.5. The molecule has 0 aliphatic heterocycles. The molecule has 0 aliphatic carbocycles. The lowest BCUT2D eigenvalue weighted by atomic mass is 9.92. The Bertz CT molecular complexity index is 1020. The summed E-state index contributed by atoms with van der Waals surface area (Å²) < 4.78 is 0. The van der Waals surface area contributed by atoms with Crippen molar-refractivity contribution < 1.29 is 0 Å². The number of nitriles is 1. The molecule has 0 fully saturated rings. The molecule has 4 heteroatoms. The molecule has 0 amide bonds. The zero-order valence-electron chi connectivity index (χ0n) is 20.8. The fraction of sp³-hybridized carbons (Fsp3) is 0.552. The van der Waals surface area contributed by atoms with Gasteiger partial charge in [0.2, 0.25) is 0 Å². The summed E-state index contributed by atoms with van der Waals surface area (Å²) in [6.45, 7) is 9.21. The molecule has 0 spiro atoms. The summed E-state index contributed by atoms with van der Waals surface area (Å²) in [5.41, 5.74) is 2.90. The number of unbranched alkanes of at least 4 members (excludes halogenated alkanes) is 2. The second-order valence-corrected chi connectivity index (χ2v) is 12.3. The van der Waals surface area contributed by atoms with Crippen molar-refractivity contribution in [1.29, 1.82) is 5.26 Å². The van der Waals surface area contributed by atoms with Crippen molar-refractivity contribution in [3.05, 3.63) is 45.6 Å². The van der Waals surface area contributed by atoms with Crippen LogP contribution in [0.1, 0.15) is 95.1 Å². The summed E-state index contributed by atoms with van der Waals surface area (Å²) >= 11 is 5.48. The maximum absolute atomic E-state index is 9.58. The molecule has 0 radical (unpaired) electrons. The first-order chi connectivity index (χ1) is 16.1. The Balaban J connectivity index is 1.83. The maximum atomic E-state index is 9.58. The van der Waals surface area contributed by atoms with Crippen LogP contribution < -0.4 is 0 Å².